The van der Waals surface area contributed by atoms with E-state index in [0.29, 0.717) is 5.82 Å². The SMILES string of the molecule is COc1nc(C)nc(NNC(=O)NS(=O)(=O)c2ccccc2Cl)n1. The van der Waals surface area contributed by atoms with E-state index < -0.39 is 16.1 Å². The summed E-state index contributed by atoms with van der Waals surface area (Å²) >= 11 is 5.81. The summed E-state index contributed by atoms with van der Waals surface area (Å²) < 4.78 is 30.8. The molecule has 0 unspecified atom stereocenters. The number of nitrogens with zero attached hydrogens (tertiary/aromatic N) is 3. The molecule has 0 fully saturated rings. The lowest BCUT2D eigenvalue weighted by atomic mass is 10.4. The molecule has 0 saturated carbocycles. The number of hydrogen-bond acceptors (Lipinski definition) is 8. The van der Waals surface area contributed by atoms with Gasteiger partial charge in [-0.15, -0.1) is 0 Å². The Labute approximate surface area is 142 Å². The van der Waals surface area contributed by atoms with Crippen LogP contribution in [0, 0.1) is 6.92 Å². The maximum atomic E-state index is 12.1. The quantitative estimate of drug-likeness (QED) is 0.657. The number of benzene rings is 1. The second-order valence-electron chi connectivity index (χ2n) is 4.31. The van der Waals surface area contributed by atoms with E-state index in [9.17, 15) is 13.2 Å². The normalized spacial score (nSPS) is 10.8. The molecule has 128 valence electrons. The van der Waals surface area contributed by atoms with E-state index in [4.69, 9.17) is 16.3 Å². The van der Waals surface area contributed by atoms with Crippen LogP contribution in [0.2, 0.25) is 5.02 Å². The van der Waals surface area contributed by atoms with Crippen LogP contribution in [-0.2, 0) is 10.0 Å². The van der Waals surface area contributed by atoms with Gasteiger partial charge in [0.2, 0.25) is 5.95 Å². The standard InChI is InChI=1S/C12H13ClN6O4S/c1-7-14-10(16-12(15-7)23-2)17-18-11(20)19-24(21,22)9-6-4-3-5-8(9)13/h3-6H,1-2H3,(H2,18,19,20)(H,14,15,16,17). The topological polar surface area (TPSA) is 135 Å². The van der Waals surface area contributed by atoms with Crippen LogP contribution in [-0.4, -0.2) is 36.5 Å². The summed E-state index contributed by atoms with van der Waals surface area (Å²) in [6.45, 7) is 1.59. The third kappa shape index (κ3) is 4.43. The molecule has 0 aliphatic heterocycles. The Morgan fingerprint density at radius 3 is 2.58 bits per heavy atom. The monoisotopic (exact) mass is 372 g/mol. The number of aryl methyl sites for hydroxylation is 1. The van der Waals surface area contributed by atoms with Gasteiger partial charge in [0.1, 0.15) is 10.7 Å². The van der Waals surface area contributed by atoms with Gasteiger partial charge in [-0.2, -0.15) is 15.0 Å². The number of anilines is 1. The van der Waals surface area contributed by atoms with Gasteiger partial charge >= 0.3 is 12.0 Å². The van der Waals surface area contributed by atoms with E-state index in [1.54, 1.807) is 17.7 Å². The van der Waals surface area contributed by atoms with Crippen molar-refractivity contribution in [2.45, 2.75) is 11.8 Å². The minimum atomic E-state index is -4.13. The molecule has 1 aromatic heterocycles. The highest BCUT2D eigenvalue weighted by Crippen LogP contribution is 2.19. The van der Waals surface area contributed by atoms with Gasteiger partial charge in [0, 0.05) is 0 Å². The molecule has 0 saturated heterocycles. The molecule has 0 aliphatic carbocycles. The molecule has 2 rings (SSSR count). The fourth-order valence-electron chi connectivity index (χ4n) is 1.58. The molecule has 0 spiro atoms. The highest BCUT2D eigenvalue weighted by Gasteiger charge is 2.20. The Hall–Kier alpha value is -2.66. The van der Waals surface area contributed by atoms with Crippen molar-refractivity contribution in [3.05, 3.63) is 35.1 Å². The summed E-state index contributed by atoms with van der Waals surface area (Å²) in [5.74, 6) is 0.319. The molecular weight excluding hydrogens is 360 g/mol. The van der Waals surface area contributed by atoms with Crippen LogP contribution in [0.15, 0.2) is 29.2 Å². The molecule has 0 radical (unpaired) electrons. The van der Waals surface area contributed by atoms with Crippen molar-refractivity contribution in [2.75, 3.05) is 12.5 Å². The predicted molar refractivity (Wildman–Crippen MR) is 85.0 cm³/mol. The number of carbonyl (C=O) groups excluding carboxylic acids is 1. The molecule has 3 N–H and O–H groups in total. The maximum Gasteiger partial charge on any atom is 0.347 e. The second kappa shape index (κ2) is 7.27. The van der Waals surface area contributed by atoms with E-state index >= 15 is 0 Å². The van der Waals surface area contributed by atoms with Crippen LogP contribution in [0.1, 0.15) is 5.82 Å². The van der Waals surface area contributed by atoms with E-state index in [-0.39, 0.29) is 21.9 Å². The number of rotatable bonds is 5. The first-order chi connectivity index (χ1) is 11.3. The van der Waals surface area contributed by atoms with Crippen molar-refractivity contribution in [3.63, 3.8) is 0 Å². The van der Waals surface area contributed by atoms with Gasteiger partial charge in [-0.25, -0.2) is 23.4 Å². The van der Waals surface area contributed by atoms with Crippen molar-refractivity contribution in [1.82, 2.24) is 25.1 Å². The lowest BCUT2D eigenvalue weighted by Crippen LogP contribution is -2.42. The summed E-state index contributed by atoms with van der Waals surface area (Å²) in [6.07, 6.45) is 0. The van der Waals surface area contributed by atoms with Gasteiger partial charge < -0.3 is 4.74 Å². The lowest BCUT2D eigenvalue weighted by molar-refractivity contribution is 0.247. The molecular formula is C12H13ClN6O4S. The highest BCUT2D eigenvalue weighted by atomic mass is 35.5. The number of carbonyl (C=O) groups is 1. The molecule has 2 amide bonds. The van der Waals surface area contributed by atoms with Gasteiger partial charge in [-0.3, -0.25) is 5.43 Å². The molecule has 1 heterocycles. The Bertz CT molecular complexity index is 860. The maximum absolute atomic E-state index is 12.1. The number of urea groups is 1. The van der Waals surface area contributed by atoms with Crippen molar-refractivity contribution >= 4 is 33.6 Å². The molecule has 12 heteroatoms. The molecule has 10 nitrogen and oxygen atoms in total. The van der Waals surface area contributed by atoms with Crippen LogP contribution < -0.4 is 20.3 Å². The lowest BCUT2D eigenvalue weighted by Gasteiger charge is -2.10. The molecule has 1 aromatic carbocycles. The van der Waals surface area contributed by atoms with Gasteiger partial charge in [0.25, 0.3) is 10.0 Å². The zero-order valence-corrected chi connectivity index (χ0v) is 14.1. The predicted octanol–water partition coefficient (Wildman–Crippen LogP) is 0.857. The summed E-state index contributed by atoms with van der Waals surface area (Å²) in [5.41, 5.74) is 4.44. The zero-order chi connectivity index (χ0) is 17.7. The first-order valence-electron chi connectivity index (χ1n) is 6.42. The summed E-state index contributed by atoms with van der Waals surface area (Å²) in [4.78, 5) is 23.1. The number of nitrogens with one attached hydrogen (secondary N) is 3. The minimum Gasteiger partial charge on any atom is -0.467 e. The van der Waals surface area contributed by atoms with Crippen LogP contribution in [0.5, 0.6) is 6.01 Å². The van der Waals surface area contributed by atoms with Crippen molar-refractivity contribution < 1.29 is 17.9 Å². The molecule has 0 bridgehead atoms. The fraction of sp³-hybridized carbons (Fsp3) is 0.167. The van der Waals surface area contributed by atoms with E-state index in [2.05, 4.69) is 25.8 Å². The Balaban J connectivity index is 2.03. The average Bonchev–Trinajstić information content (AvgIpc) is 2.52. The number of hydrazine groups is 1. The van der Waals surface area contributed by atoms with Gasteiger partial charge in [0.05, 0.1) is 12.1 Å². The number of hydrogen-bond donors (Lipinski definition) is 3. The molecule has 0 aliphatic rings. The fourth-order valence-corrected chi connectivity index (χ4v) is 3.01. The Morgan fingerprint density at radius 2 is 1.92 bits per heavy atom. The van der Waals surface area contributed by atoms with Gasteiger partial charge in [-0.05, 0) is 19.1 Å². The first kappa shape index (κ1) is 17.7. The number of amides is 2. The van der Waals surface area contributed by atoms with E-state index in [0.717, 1.165) is 0 Å². The minimum absolute atomic E-state index is 0.0106. The van der Waals surface area contributed by atoms with Crippen LogP contribution in [0.4, 0.5) is 10.7 Å². The molecule has 24 heavy (non-hydrogen) atoms. The number of methoxy groups -OCH3 is 1. The number of ether oxygens (including phenoxy) is 1. The first-order valence-corrected chi connectivity index (χ1v) is 8.28. The summed E-state index contributed by atoms with van der Waals surface area (Å²) in [5, 5.41) is -0.0106. The number of sulfonamides is 1. The highest BCUT2D eigenvalue weighted by molar-refractivity contribution is 7.90. The third-order valence-corrected chi connectivity index (χ3v) is 4.38. The van der Waals surface area contributed by atoms with Crippen molar-refractivity contribution in [2.24, 2.45) is 0 Å². The van der Waals surface area contributed by atoms with E-state index in [1.807, 2.05) is 0 Å². The number of halogens is 1. The summed E-state index contributed by atoms with van der Waals surface area (Å²) in [7, 11) is -2.76. The Kier molecular flexibility index (Phi) is 5.36. The summed E-state index contributed by atoms with van der Waals surface area (Å²) in [6, 6.07) is 4.70. The largest absolute Gasteiger partial charge is 0.467 e. The van der Waals surface area contributed by atoms with Crippen LogP contribution in [0.3, 0.4) is 0 Å². The third-order valence-electron chi connectivity index (χ3n) is 2.55. The average molecular weight is 373 g/mol. The van der Waals surface area contributed by atoms with Crippen LogP contribution in [0.25, 0.3) is 0 Å². The molecule has 2 aromatic rings. The van der Waals surface area contributed by atoms with Gasteiger partial charge in [0.15, 0.2) is 0 Å². The molecule has 0 atom stereocenters. The smallest absolute Gasteiger partial charge is 0.347 e. The van der Waals surface area contributed by atoms with Crippen molar-refractivity contribution in [1.29, 1.82) is 0 Å². The van der Waals surface area contributed by atoms with Crippen LogP contribution >= 0.6 is 11.6 Å². The zero-order valence-electron chi connectivity index (χ0n) is 12.6. The van der Waals surface area contributed by atoms with Gasteiger partial charge in [-0.1, -0.05) is 23.7 Å². The second-order valence-corrected chi connectivity index (χ2v) is 6.37. The number of aromatic nitrogens is 3. The van der Waals surface area contributed by atoms with E-state index in [1.165, 1.54) is 25.3 Å². The van der Waals surface area contributed by atoms with Crippen molar-refractivity contribution in [3.8, 4) is 6.01 Å². The Morgan fingerprint density at radius 1 is 1.21 bits per heavy atom.